The van der Waals surface area contributed by atoms with E-state index in [1.54, 1.807) is 0 Å². The Hall–Kier alpha value is -3.61. The normalized spacial score (nSPS) is 12.2. The van der Waals surface area contributed by atoms with E-state index in [1.165, 1.54) is 0 Å². The molecule has 0 aliphatic carbocycles. The fourth-order valence-corrected chi connectivity index (χ4v) is 4.06. The first-order chi connectivity index (χ1) is 17.5. The SMILES string of the molecule is CCc1nn(-c2ccccc2)c(Oc2ccccc2)c1CN(CC(O)COc1ccccc1)C(C)C. The zero-order valence-corrected chi connectivity index (χ0v) is 21.2. The smallest absolute Gasteiger partial charge is 0.227 e. The van der Waals surface area contributed by atoms with Crippen LogP contribution < -0.4 is 9.47 Å². The lowest BCUT2D eigenvalue weighted by Gasteiger charge is -2.29. The zero-order valence-electron chi connectivity index (χ0n) is 21.2. The highest BCUT2D eigenvalue weighted by Gasteiger charge is 2.25. The quantitative estimate of drug-likeness (QED) is 0.272. The molecule has 0 saturated heterocycles. The molecular weight excluding hydrogens is 450 g/mol. The second-order valence-corrected chi connectivity index (χ2v) is 9.05. The van der Waals surface area contributed by atoms with Crippen molar-refractivity contribution in [3.05, 3.63) is 102 Å². The molecule has 0 aliphatic heterocycles. The van der Waals surface area contributed by atoms with Crippen molar-refractivity contribution in [2.75, 3.05) is 13.2 Å². The van der Waals surface area contributed by atoms with Gasteiger partial charge in [0.25, 0.3) is 0 Å². The molecule has 4 rings (SSSR count). The summed E-state index contributed by atoms with van der Waals surface area (Å²) in [6.45, 7) is 7.67. The van der Waals surface area contributed by atoms with Crippen molar-refractivity contribution in [2.45, 2.75) is 45.9 Å². The standard InChI is InChI=1S/C30H35N3O3/c1-4-29-28(21-32(23(2)3)20-25(34)22-35-26-16-10-6-11-17-26)30(36-27-18-12-7-13-19-27)33(31-29)24-14-8-5-9-15-24/h5-19,23,25,34H,4,20-22H2,1-3H3. The maximum Gasteiger partial charge on any atom is 0.227 e. The van der Waals surface area contributed by atoms with Crippen molar-refractivity contribution in [3.63, 3.8) is 0 Å². The lowest BCUT2D eigenvalue weighted by Crippen LogP contribution is -2.39. The maximum absolute atomic E-state index is 10.8. The molecule has 6 heteroatoms. The molecule has 1 aromatic heterocycles. The first-order valence-corrected chi connectivity index (χ1v) is 12.5. The molecule has 4 aromatic rings. The van der Waals surface area contributed by atoms with E-state index in [4.69, 9.17) is 14.6 Å². The maximum atomic E-state index is 10.8. The Morgan fingerprint density at radius 3 is 2.03 bits per heavy atom. The van der Waals surface area contributed by atoms with E-state index < -0.39 is 6.10 Å². The minimum Gasteiger partial charge on any atom is -0.491 e. The molecule has 188 valence electrons. The number of hydrogen-bond acceptors (Lipinski definition) is 5. The number of para-hydroxylation sites is 3. The van der Waals surface area contributed by atoms with Gasteiger partial charge in [0.2, 0.25) is 5.88 Å². The predicted molar refractivity (Wildman–Crippen MR) is 143 cm³/mol. The van der Waals surface area contributed by atoms with Crippen LogP contribution in [0.4, 0.5) is 0 Å². The lowest BCUT2D eigenvalue weighted by atomic mass is 10.1. The molecule has 0 amide bonds. The van der Waals surface area contributed by atoms with Crippen LogP contribution in [0, 0.1) is 0 Å². The number of aryl methyl sites for hydroxylation is 1. The Balaban J connectivity index is 1.60. The molecule has 1 heterocycles. The molecule has 1 unspecified atom stereocenters. The first-order valence-electron chi connectivity index (χ1n) is 12.5. The number of nitrogens with zero attached hydrogens (tertiary/aromatic N) is 3. The third kappa shape index (κ3) is 6.53. The fourth-order valence-electron chi connectivity index (χ4n) is 4.06. The highest BCUT2D eigenvalue weighted by atomic mass is 16.5. The summed E-state index contributed by atoms with van der Waals surface area (Å²) in [6.07, 6.45) is 0.131. The van der Waals surface area contributed by atoms with E-state index in [9.17, 15) is 5.11 Å². The first kappa shape index (κ1) is 25.5. The number of aromatic nitrogens is 2. The summed E-state index contributed by atoms with van der Waals surface area (Å²) in [6, 6.07) is 29.6. The minimum absolute atomic E-state index is 0.200. The third-order valence-corrected chi connectivity index (χ3v) is 6.04. The largest absolute Gasteiger partial charge is 0.491 e. The van der Waals surface area contributed by atoms with Crippen molar-refractivity contribution in [2.24, 2.45) is 0 Å². The Morgan fingerprint density at radius 1 is 0.861 bits per heavy atom. The average molecular weight is 486 g/mol. The predicted octanol–water partition coefficient (Wildman–Crippen LogP) is 5.88. The van der Waals surface area contributed by atoms with Gasteiger partial charge in [-0.05, 0) is 56.7 Å². The van der Waals surface area contributed by atoms with E-state index in [0.29, 0.717) is 19.0 Å². The molecule has 36 heavy (non-hydrogen) atoms. The number of rotatable bonds is 12. The highest BCUT2D eigenvalue weighted by Crippen LogP contribution is 2.32. The topological polar surface area (TPSA) is 59.8 Å². The molecule has 0 radical (unpaired) electrons. The second kappa shape index (κ2) is 12.4. The van der Waals surface area contributed by atoms with E-state index in [1.807, 2.05) is 95.7 Å². The molecular formula is C30H35N3O3. The van der Waals surface area contributed by atoms with Crippen molar-refractivity contribution in [1.82, 2.24) is 14.7 Å². The van der Waals surface area contributed by atoms with E-state index in [0.717, 1.165) is 34.9 Å². The monoisotopic (exact) mass is 485 g/mol. The molecule has 0 fully saturated rings. The van der Waals surface area contributed by atoms with Crippen LogP contribution in [-0.4, -0.2) is 45.1 Å². The summed E-state index contributed by atoms with van der Waals surface area (Å²) in [4.78, 5) is 2.24. The zero-order chi connectivity index (χ0) is 25.3. The molecule has 0 saturated carbocycles. The molecule has 1 N–H and O–H groups in total. The fraction of sp³-hybridized carbons (Fsp3) is 0.300. The van der Waals surface area contributed by atoms with Gasteiger partial charge in [0.05, 0.1) is 16.9 Å². The van der Waals surface area contributed by atoms with Crippen LogP contribution in [0.5, 0.6) is 17.4 Å². The van der Waals surface area contributed by atoms with Crippen LogP contribution in [0.25, 0.3) is 5.69 Å². The van der Waals surface area contributed by atoms with Gasteiger partial charge in [0, 0.05) is 19.1 Å². The summed E-state index contributed by atoms with van der Waals surface area (Å²) >= 11 is 0. The van der Waals surface area contributed by atoms with Gasteiger partial charge < -0.3 is 14.6 Å². The van der Waals surface area contributed by atoms with Crippen molar-refractivity contribution in [1.29, 1.82) is 0 Å². The minimum atomic E-state index is -0.639. The van der Waals surface area contributed by atoms with Gasteiger partial charge in [-0.1, -0.05) is 61.5 Å². The van der Waals surface area contributed by atoms with Crippen LogP contribution in [0.3, 0.4) is 0 Å². The van der Waals surface area contributed by atoms with Gasteiger partial charge in [0.1, 0.15) is 24.2 Å². The van der Waals surface area contributed by atoms with Gasteiger partial charge in [0.15, 0.2) is 0 Å². The van der Waals surface area contributed by atoms with Gasteiger partial charge in [-0.25, -0.2) is 4.68 Å². The summed E-state index contributed by atoms with van der Waals surface area (Å²) in [7, 11) is 0. The number of aliphatic hydroxyl groups is 1. The highest BCUT2D eigenvalue weighted by molar-refractivity contribution is 5.43. The Labute approximate surface area is 213 Å². The van der Waals surface area contributed by atoms with Crippen molar-refractivity contribution in [3.8, 4) is 23.1 Å². The van der Waals surface area contributed by atoms with E-state index in [-0.39, 0.29) is 12.6 Å². The average Bonchev–Trinajstić information content (AvgIpc) is 3.25. The third-order valence-electron chi connectivity index (χ3n) is 6.04. The van der Waals surface area contributed by atoms with Crippen LogP contribution in [-0.2, 0) is 13.0 Å². The van der Waals surface area contributed by atoms with E-state index in [2.05, 4.69) is 25.7 Å². The van der Waals surface area contributed by atoms with Gasteiger partial charge in [-0.2, -0.15) is 5.10 Å². The summed E-state index contributed by atoms with van der Waals surface area (Å²) in [5.41, 5.74) is 2.94. The van der Waals surface area contributed by atoms with Crippen LogP contribution in [0.2, 0.25) is 0 Å². The number of benzene rings is 3. The summed E-state index contributed by atoms with van der Waals surface area (Å²) < 4.78 is 14.1. The Kier molecular flexibility index (Phi) is 8.76. The van der Waals surface area contributed by atoms with E-state index >= 15 is 0 Å². The number of hydrogen-bond donors (Lipinski definition) is 1. The van der Waals surface area contributed by atoms with Gasteiger partial charge in [-0.3, -0.25) is 4.90 Å². The number of aliphatic hydroxyl groups excluding tert-OH is 1. The van der Waals surface area contributed by atoms with Crippen molar-refractivity contribution >= 4 is 0 Å². The summed E-state index contributed by atoms with van der Waals surface area (Å²) in [5.74, 6) is 2.21. The molecule has 0 spiro atoms. The molecule has 3 aromatic carbocycles. The second-order valence-electron chi connectivity index (χ2n) is 9.05. The molecule has 6 nitrogen and oxygen atoms in total. The molecule has 1 atom stereocenters. The summed E-state index contributed by atoms with van der Waals surface area (Å²) in [5, 5.41) is 15.7. The van der Waals surface area contributed by atoms with Crippen LogP contribution >= 0.6 is 0 Å². The number of ether oxygens (including phenoxy) is 2. The van der Waals surface area contributed by atoms with Gasteiger partial charge >= 0.3 is 0 Å². The van der Waals surface area contributed by atoms with Gasteiger partial charge in [-0.15, -0.1) is 0 Å². The molecule has 0 bridgehead atoms. The Morgan fingerprint density at radius 2 is 1.44 bits per heavy atom. The Bertz CT molecular complexity index is 1190. The molecule has 0 aliphatic rings. The van der Waals surface area contributed by atoms with Crippen LogP contribution in [0.15, 0.2) is 91.0 Å². The lowest BCUT2D eigenvalue weighted by molar-refractivity contribution is 0.0539. The van der Waals surface area contributed by atoms with Crippen molar-refractivity contribution < 1.29 is 14.6 Å². The van der Waals surface area contributed by atoms with Crippen LogP contribution in [0.1, 0.15) is 32.0 Å².